The van der Waals surface area contributed by atoms with Crippen LogP contribution in [0.25, 0.3) is 0 Å². The van der Waals surface area contributed by atoms with Crippen molar-refractivity contribution in [3.8, 4) is 0 Å². The molecule has 2 rings (SSSR count). The normalized spacial score (nSPS) is 21.1. The van der Waals surface area contributed by atoms with Crippen LogP contribution < -0.4 is 0 Å². The molecule has 0 bridgehead atoms. The molecule has 1 aliphatic rings. The van der Waals surface area contributed by atoms with E-state index in [2.05, 4.69) is 28.0 Å². The van der Waals surface area contributed by atoms with E-state index in [1.54, 1.807) is 10.9 Å². The molecule has 1 unspecified atom stereocenters. The van der Waals surface area contributed by atoms with Crippen molar-refractivity contribution in [1.82, 2.24) is 14.7 Å². The molecular formula is C11H16BrN3O. The number of piperidine rings is 1. The van der Waals surface area contributed by atoms with Gasteiger partial charge >= 0.3 is 0 Å². The Morgan fingerprint density at radius 1 is 1.69 bits per heavy atom. The van der Waals surface area contributed by atoms with E-state index in [9.17, 15) is 4.79 Å². The lowest BCUT2D eigenvalue weighted by atomic mass is 10.0. The number of hydrogen-bond acceptors (Lipinski definition) is 2. The maximum absolute atomic E-state index is 12.0. The molecule has 16 heavy (non-hydrogen) atoms. The summed E-state index contributed by atoms with van der Waals surface area (Å²) in [4.78, 5) is 13.9. The zero-order chi connectivity index (χ0) is 11.5. The van der Waals surface area contributed by atoms with Crippen molar-refractivity contribution in [3.05, 3.63) is 16.9 Å². The summed E-state index contributed by atoms with van der Waals surface area (Å²) in [6.07, 6.45) is 5.88. The van der Waals surface area contributed by atoms with Crippen LogP contribution in [-0.4, -0.2) is 33.7 Å². The fourth-order valence-electron chi connectivity index (χ4n) is 2.08. The van der Waals surface area contributed by atoms with E-state index in [1.165, 1.54) is 6.42 Å². The lowest BCUT2D eigenvalue weighted by Crippen LogP contribution is -2.40. The minimum Gasteiger partial charge on any atom is -0.341 e. The molecule has 0 N–H and O–H groups in total. The molecule has 88 valence electrons. The monoisotopic (exact) mass is 285 g/mol. The van der Waals surface area contributed by atoms with Gasteiger partial charge in [-0.3, -0.25) is 9.48 Å². The van der Waals surface area contributed by atoms with E-state index in [0.29, 0.717) is 12.5 Å². The molecule has 1 saturated heterocycles. The summed E-state index contributed by atoms with van der Waals surface area (Å²) in [5.74, 6) is 0.796. The molecule has 0 aliphatic carbocycles. The fourth-order valence-corrected chi connectivity index (χ4v) is 2.41. The Labute approximate surface area is 104 Å². The van der Waals surface area contributed by atoms with Gasteiger partial charge in [-0.2, -0.15) is 5.10 Å². The van der Waals surface area contributed by atoms with Crippen LogP contribution in [0.3, 0.4) is 0 Å². The lowest BCUT2D eigenvalue weighted by Gasteiger charge is -2.30. The van der Waals surface area contributed by atoms with Crippen LogP contribution in [0.15, 0.2) is 16.9 Å². The van der Waals surface area contributed by atoms with E-state index in [4.69, 9.17) is 0 Å². The highest BCUT2D eigenvalue weighted by atomic mass is 79.9. The van der Waals surface area contributed by atoms with Gasteiger partial charge in [-0.25, -0.2) is 0 Å². The molecule has 1 aromatic heterocycles. The predicted octanol–water partition coefficient (Wildman–Crippen LogP) is 1.90. The van der Waals surface area contributed by atoms with Crippen LogP contribution in [-0.2, 0) is 11.3 Å². The van der Waals surface area contributed by atoms with E-state index in [0.717, 1.165) is 24.0 Å². The van der Waals surface area contributed by atoms with Crippen molar-refractivity contribution in [1.29, 1.82) is 0 Å². The van der Waals surface area contributed by atoms with Crippen molar-refractivity contribution < 1.29 is 4.79 Å². The summed E-state index contributed by atoms with van der Waals surface area (Å²) in [6, 6.07) is 0. The Morgan fingerprint density at radius 3 is 3.12 bits per heavy atom. The van der Waals surface area contributed by atoms with Gasteiger partial charge in [-0.05, 0) is 34.7 Å². The largest absolute Gasteiger partial charge is 0.341 e. The van der Waals surface area contributed by atoms with Gasteiger partial charge in [0.25, 0.3) is 0 Å². The number of carbonyl (C=O) groups is 1. The van der Waals surface area contributed by atoms with Crippen molar-refractivity contribution in [2.75, 3.05) is 13.1 Å². The van der Waals surface area contributed by atoms with Crippen LogP contribution in [0.5, 0.6) is 0 Å². The molecule has 1 amide bonds. The second-order valence-electron chi connectivity index (χ2n) is 4.44. The molecule has 1 fully saturated rings. The Kier molecular flexibility index (Phi) is 3.63. The number of carbonyl (C=O) groups excluding carboxylic acids is 1. The fraction of sp³-hybridized carbons (Fsp3) is 0.636. The number of rotatable bonds is 2. The molecular weight excluding hydrogens is 270 g/mol. The number of nitrogens with zero attached hydrogens (tertiary/aromatic N) is 3. The molecule has 5 heteroatoms. The third-order valence-electron chi connectivity index (χ3n) is 2.91. The molecule has 0 spiro atoms. The van der Waals surface area contributed by atoms with Gasteiger partial charge in [-0.1, -0.05) is 6.92 Å². The third kappa shape index (κ3) is 2.84. The minimum absolute atomic E-state index is 0.169. The van der Waals surface area contributed by atoms with Gasteiger partial charge in [0.1, 0.15) is 6.54 Å². The molecule has 1 aliphatic heterocycles. The Hall–Kier alpha value is -0.840. The van der Waals surface area contributed by atoms with Gasteiger partial charge in [0.15, 0.2) is 0 Å². The minimum atomic E-state index is 0.169. The first kappa shape index (κ1) is 11.6. The van der Waals surface area contributed by atoms with Crippen LogP contribution in [0.2, 0.25) is 0 Å². The first-order valence-electron chi connectivity index (χ1n) is 5.61. The first-order chi connectivity index (χ1) is 7.65. The van der Waals surface area contributed by atoms with E-state index in [1.807, 2.05) is 11.1 Å². The third-order valence-corrected chi connectivity index (χ3v) is 3.32. The van der Waals surface area contributed by atoms with Gasteiger partial charge < -0.3 is 4.90 Å². The summed E-state index contributed by atoms with van der Waals surface area (Å²) in [5.41, 5.74) is 0. The number of aromatic nitrogens is 2. The molecule has 1 atom stereocenters. The number of halogens is 1. The van der Waals surface area contributed by atoms with Gasteiger partial charge in [0.05, 0.1) is 10.7 Å². The maximum atomic E-state index is 12.0. The number of hydrogen-bond donors (Lipinski definition) is 0. The topological polar surface area (TPSA) is 38.1 Å². The van der Waals surface area contributed by atoms with E-state index < -0.39 is 0 Å². The summed E-state index contributed by atoms with van der Waals surface area (Å²) in [5, 5.41) is 4.09. The van der Waals surface area contributed by atoms with Crippen molar-refractivity contribution in [2.24, 2.45) is 5.92 Å². The highest BCUT2D eigenvalue weighted by Gasteiger charge is 2.20. The predicted molar refractivity (Wildman–Crippen MR) is 64.9 cm³/mol. The van der Waals surface area contributed by atoms with Gasteiger partial charge in [-0.15, -0.1) is 0 Å². The highest BCUT2D eigenvalue weighted by molar-refractivity contribution is 9.10. The van der Waals surface area contributed by atoms with Crippen LogP contribution in [0.4, 0.5) is 0 Å². The molecule has 1 aromatic rings. The highest BCUT2D eigenvalue weighted by Crippen LogP contribution is 2.16. The average molecular weight is 286 g/mol. The van der Waals surface area contributed by atoms with Crippen molar-refractivity contribution in [2.45, 2.75) is 26.3 Å². The van der Waals surface area contributed by atoms with Crippen molar-refractivity contribution in [3.63, 3.8) is 0 Å². The number of likely N-dealkylation sites (tertiary alicyclic amines) is 1. The van der Waals surface area contributed by atoms with Gasteiger partial charge in [0, 0.05) is 19.3 Å². The Bertz CT molecular complexity index is 377. The maximum Gasteiger partial charge on any atom is 0.244 e. The summed E-state index contributed by atoms with van der Waals surface area (Å²) in [7, 11) is 0. The zero-order valence-corrected chi connectivity index (χ0v) is 11.0. The molecule has 4 nitrogen and oxygen atoms in total. The number of amides is 1. The second kappa shape index (κ2) is 4.99. The molecule has 0 aromatic carbocycles. The smallest absolute Gasteiger partial charge is 0.244 e. The van der Waals surface area contributed by atoms with Crippen molar-refractivity contribution >= 4 is 21.8 Å². The second-order valence-corrected chi connectivity index (χ2v) is 5.36. The lowest BCUT2D eigenvalue weighted by molar-refractivity contribution is -0.133. The van der Waals surface area contributed by atoms with Gasteiger partial charge in [0.2, 0.25) is 5.91 Å². The Balaban J connectivity index is 1.92. The average Bonchev–Trinajstić information content (AvgIpc) is 2.64. The van der Waals surface area contributed by atoms with Crippen LogP contribution >= 0.6 is 15.9 Å². The van der Waals surface area contributed by atoms with E-state index in [-0.39, 0.29) is 5.91 Å². The van der Waals surface area contributed by atoms with Crippen LogP contribution in [0.1, 0.15) is 19.8 Å². The zero-order valence-electron chi connectivity index (χ0n) is 9.40. The summed E-state index contributed by atoms with van der Waals surface area (Å²) < 4.78 is 2.58. The molecule has 2 heterocycles. The Morgan fingerprint density at radius 2 is 2.50 bits per heavy atom. The summed E-state index contributed by atoms with van der Waals surface area (Å²) in [6.45, 7) is 4.33. The molecule has 0 saturated carbocycles. The first-order valence-corrected chi connectivity index (χ1v) is 6.40. The SMILES string of the molecule is CC1CCCN(C(=O)Cn2cc(Br)cn2)C1. The molecule has 0 radical (unpaired) electrons. The summed E-state index contributed by atoms with van der Waals surface area (Å²) >= 11 is 3.32. The van der Waals surface area contributed by atoms with E-state index >= 15 is 0 Å². The van der Waals surface area contributed by atoms with Crippen LogP contribution in [0, 0.1) is 5.92 Å². The standard InChI is InChI=1S/C11H16BrN3O/c1-9-3-2-4-14(6-9)11(16)8-15-7-10(12)5-13-15/h5,7,9H,2-4,6,8H2,1H3. The quantitative estimate of drug-likeness (QED) is 0.833.